The van der Waals surface area contributed by atoms with E-state index in [-0.39, 0.29) is 17.0 Å². The van der Waals surface area contributed by atoms with E-state index in [0.717, 1.165) is 0 Å². The second-order valence-electron chi connectivity index (χ2n) is 5.44. The molecule has 0 aliphatic carbocycles. The van der Waals surface area contributed by atoms with Crippen LogP contribution >= 0.6 is 0 Å². The van der Waals surface area contributed by atoms with E-state index >= 15 is 0 Å². The Bertz CT molecular complexity index is 765. The molecule has 0 atom stereocenters. The summed E-state index contributed by atoms with van der Waals surface area (Å²) in [6.45, 7) is 5.68. The van der Waals surface area contributed by atoms with Crippen LogP contribution in [0.5, 0.6) is 0 Å². The first-order valence-electron chi connectivity index (χ1n) is 7.45. The highest BCUT2D eigenvalue weighted by molar-refractivity contribution is 5.95. The van der Waals surface area contributed by atoms with Gasteiger partial charge in [-0.25, -0.2) is 15.0 Å². The first-order chi connectivity index (χ1) is 11.1. The summed E-state index contributed by atoms with van der Waals surface area (Å²) in [5.41, 5.74) is 0.207. The minimum absolute atomic E-state index is 0.125. The molecule has 2 aromatic heterocycles. The lowest BCUT2D eigenvalue weighted by molar-refractivity contribution is 0.0743. The second-order valence-corrected chi connectivity index (χ2v) is 5.44. The molecule has 120 valence electrons. The third-order valence-electron chi connectivity index (χ3n) is 3.83. The summed E-state index contributed by atoms with van der Waals surface area (Å²) in [6, 6.07) is 1.77. The average Bonchev–Trinajstić information content (AvgIpc) is 2.55. The van der Waals surface area contributed by atoms with Crippen LogP contribution in [0.25, 0.3) is 0 Å². The smallest absolute Gasteiger partial charge is 0.264 e. The Kier molecular flexibility index (Phi) is 4.05. The molecule has 1 amide bonds. The number of rotatable bonds is 2. The number of aromatic amines is 1. The van der Waals surface area contributed by atoms with E-state index < -0.39 is 0 Å². The SMILES string of the molecule is Cc1nc(C)c(C(=O)N2CCN(c3ncccn3)CC2)c(=O)[nH]1. The monoisotopic (exact) mass is 314 g/mol. The minimum Gasteiger partial charge on any atom is -0.337 e. The molecule has 23 heavy (non-hydrogen) atoms. The van der Waals surface area contributed by atoms with Crippen molar-refractivity contribution < 1.29 is 4.79 Å². The quantitative estimate of drug-likeness (QED) is 0.847. The molecule has 1 fully saturated rings. The number of hydrogen-bond acceptors (Lipinski definition) is 6. The number of hydrogen-bond donors (Lipinski definition) is 1. The summed E-state index contributed by atoms with van der Waals surface area (Å²) in [5, 5.41) is 0. The minimum atomic E-state index is -0.381. The maximum absolute atomic E-state index is 12.6. The van der Waals surface area contributed by atoms with Gasteiger partial charge >= 0.3 is 0 Å². The summed E-state index contributed by atoms with van der Waals surface area (Å²) >= 11 is 0. The summed E-state index contributed by atoms with van der Waals surface area (Å²) in [7, 11) is 0. The molecule has 1 aliphatic heterocycles. The highest BCUT2D eigenvalue weighted by atomic mass is 16.2. The van der Waals surface area contributed by atoms with Crippen LogP contribution in [-0.4, -0.2) is 56.9 Å². The third kappa shape index (κ3) is 3.05. The maximum Gasteiger partial charge on any atom is 0.264 e. The predicted octanol–water partition coefficient (Wildman–Crippen LogP) is 0.139. The maximum atomic E-state index is 12.6. The molecule has 3 rings (SSSR count). The molecule has 0 spiro atoms. The molecule has 8 heteroatoms. The number of nitrogens with zero attached hydrogens (tertiary/aromatic N) is 5. The van der Waals surface area contributed by atoms with E-state index in [1.54, 1.807) is 37.2 Å². The number of H-pyrrole nitrogens is 1. The van der Waals surface area contributed by atoms with Gasteiger partial charge in [-0.1, -0.05) is 0 Å². The Morgan fingerprint density at radius 2 is 1.78 bits per heavy atom. The Hall–Kier alpha value is -2.77. The molecular formula is C15H18N6O2. The number of carbonyl (C=O) groups is 1. The van der Waals surface area contributed by atoms with Gasteiger partial charge in [0.1, 0.15) is 11.4 Å². The number of carbonyl (C=O) groups excluding carboxylic acids is 1. The van der Waals surface area contributed by atoms with E-state index in [0.29, 0.717) is 43.6 Å². The van der Waals surface area contributed by atoms with Gasteiger partial charge in [-0.05, 0) is 19.9 Å². The van der Waals surface area contributed by atoms with Crippen molar-refractivity contribution in [3.8, 4) is 0 Å². The van der Waals surface area contributed by atoms with Crippen LogP contribution in [0.2, 0.25) is 0 Å². The average molecular weight is 314 g/mol. The van der Waals surface area contributed by atoms with Gasteiger partial charge < -0.3 is 14.8 Å². The van der Waals surface area contributed by atoms with E-state index in [4.69, 9.17) is 0 Å². The molecule has 0 unspecified atom stereocenters. The number of aryl methyl sites for hydroxylation is 2. The van der Waals surface area contributed by atoms with E-state index in [1.165, 1.54) is 0 Å². The number of piperazine rings is 1. The van der Waals surface area contributed by atoms with Crippen LogP contribution in [0.1, 0.15) is 21.9 Å². The lowest BCUT2D eigenvalue weighted by Crippen LogP contribution is -2.50. The highest BCUT2D eigenvalue weighted by Gasteiger charge is 2.26. The lowest BCUT2D eigenvalue weighted by Gasteiger charge is -2.34. The van der Waals surface area contributed by atoms with Gasteiger partial charge in [0.05, 0.1) is 5.69 Å². The van der Waals surface area contributed by atoms with E-state index in [1.807, 2.05) is 4.90 Å². The summed E-state index contributed by atoms with van der Waals surface area (Å²) in [5.74, 6) is 0.894. The van der Waals surface area contributed by atoms with Crippen molar-refractivity contribution in [3.63, 3.8) is 0 Å². The normalized spacial score (nSPS) is 14.9. The van der Waals surface area contributed by atoms with Crippen molar-refractivity contribution in [3.05, 3.63) is 45.9 Å². The van der Waals surface area contributed by atoms with Gasteiger partial charge in [-0.3, -0.25) is 9.59 Å². The third-order valence-corrected chi connectivity index (χ3v) is 3.83. The molecule has 1 saturated heterocycles. The number of aromatic nitrogens is 4. The molecule has 1 aliphatic rings. The molecule has 1 N–H and O–H groups in total. The standard InChI is InChI=1S/C15H18N6O2/c1-10-12(13(22)19-11(2)18-10)14(23)20-6-8-21(9-7-20)15-16-4-3-5-17-15/h3-5H,6-9H2,1-2H3,(H,18,19,22). The molecule has 0 bridgehead atoms. The Labute approximate surface area is 133 Å². The summed E-state index contributed by atoms with van der Waals surface area (Å²) in [4.78, 5) is 43.6. The van der Waals surface area contributed by atoms with Crippen molar-refractivity contribution in [1.29, 1.82) is 0 Å². The highest BCUT2D eigenvalue weighted by Crippen LogP contribution is 2.12. The van der Waals surface area contributed by atoms with Crippen molar-refractivity contribution in [2.75, 3.05) is 31.1 Å². The first-order valence-corrected chi connectivity index (χ1v) is 7.45. The van der Waals surface area contributed by atoms with Gasteiger partial charge in [0, 0.05) is 38.6 Å². The van der Waals surface area contributed by atoms with E-state index in [2.05, 4.69) is 19.9 Å². The summed E-state index contributed by atoms with van der Waals surface area (Å²) in [6.07, 6.45) is 3.39. The predicted molar refractivity (Wildman–Crippen MR) is 84.5 cm³/mol. The Morgan fingerprint density at radius 1 is 1.13 bits per heavy atom. The second kappa shape index (κ2) is 6.15. The molecule has 3 heterocycles. The van der Waals surface area contributed by atoms with Crippen LogP contribution in [0.3, 0.4) is 0 Å². The first kappa shape index (κ1) is 15.1. The zero-order valence-electron chi connectivity index (χ0n) is 13.1. The molecule has 0 aromatic carbocycles. The molecule has 0 saturated carbocycles. The van der Waals surface area contributed by atoms with Gasteiger partial charge in [-0.15, -0.1) is 0 Å². The molecule has 2 aromatic rings. The Morgan fingerprint density at radius 3 is 2.39 bits per heavy atom. The molecule has 0 radical (unpaired) electrons. The van der Waals surface area contributed by atoms with E-state index in [9.17, 15) is 9.59 Å². The largest absolute Gasteiger partial charge is 0.337 e. The van der Waals surface area contributed by atoms with Crippen LogP contribution in [0, 0.1) is 13.8 Å². The van der Waals surface area contributed by atoms with Crippen molar-refractivity contribution in [2.24, 2.45) is 0 Å². The zero-order chi connectivity index (χ0) is 16.4. The van der Waals surface area contributed by atoms with Crippen LogP contribution in [-0.2, 0) is 0 Å². The molecule has 8 nitrogen and oxygen atoms in total. The Balaban J connectivity index is 1.73. The van der Waals surface area contributed by atoms with Gasteiger partial charge in [0.15, 0.2) is 0 Å². The fourth-order valence-corrected chi connectivity index (χ4v) is 2.70. The number of amides is 1. The topological polar surface area (TPSA) is 95.1 Å². The summed E-state index contributed by atoms with van der Waals surface area (Å²) < 4.78 is 0. The molecular weight excluding hydrogens is 296 g/mol. The fourth-order valence-electron chi connectivity index (χ4n) is 2.70. The van der Waals surface area contributed by atoms with Gasteiger partial charge in [-0.2, -0.15) is 0 Å². The van der Waals surface area contributed by atoms with Crippen molar-refractivity contribution >= 4 is 11.9 Å². The zero-order valence-corrected chi connectivity index (χ0v) is 13.1. The van der Waals surface area contributed by atoms with Crippen LogP contribution in [0.15, 0.2) is 23.3 Å². The van der Waals surface area contributed by atoms with Crippen molar-refractivity contribution in [1.82, 2.24) is 24.8 Å². The van der Waals surface area contributed by atoms with Crippen molar-refractivity contribution in [2.45, 2.75) is 13.8 Å². The number of anilines is 1. The fraction of sp³-hybridized carbons (Fsp3) is 0.400. The number of nitrogens with one attached hydrogen (secondary N) is 1. The van der Waals surface area contributed by atoms with Crippen LogP contribution < -0.4 is 10.5 Å². The van der Waals surface area contributed by atoms with Gasteiger partial charge in [0.25, 0.3) is 11.5 Å². The lowest BCUT2D eigenvalue weighted by atomic mass is 10.2. The van der Waals surface area contributed by atoms with Crippen LogP contribution in [0.4, 0.5) is 5.95 Å². The van der Waals surface area contributed by atoms with Gasteiger partial charge in [0.2, 0.25) is 5.95 Å².